The Hall–Kier alpha value is -2.89. The second kappa shape index (κ2) is 5.24. The number of hydrogen-bond acceptors (Lipinski definition) is 4. The first-order valence-electron chi connectivity index (χ1n) is 6.53. The average molecular weight is 282 g/mol. The van der Waals surface area contributed by atoms with Crippen LogP contribution in [0.4, 0.5) is 17.2 Å². The average Bonchev–Trinajstić information content (AvgIpc) is 2.53. The Kier molecular flexibility index (Phi) is 3.27. The van der Waals surface area contributed by atoms with Gasteiger partial charge in [0.1, 0.15) is 12.4 Å². The molecule has 106 valence electrons. The van der Waals surface area contributed by atoms with Crippen molar-refractivity contribution in [1.29, 1.82) is 0 Å². The molecule has 1 aliphatic heterocycles. The number of fused-ring (bicyclic) bond motifs is 1. The van der Waals surface area contributed by atoms with Crippen LogP contribution >= 0.6 is 0 Å². The molecule has 3 rings (SSSR count). The summed E-state index contributed by atoms with van der Waals surface area (Å²) in [6.07, 6.45) is 1.56. The van der Waals surface area contributed by atoms with E-state index in [9.17, 15) is 9.59 Å². The highest BCUT2D eigenvalue weighted by Gasteiger charge is 2.27. The smallest absolute Gasteiger partial charge is 0.259 e. The number of nitrogens with zero attached hydrogens (tertiary/aromatic N) is 2. The highest BCUT2D eigenvalue weighted by atomic mass is 16.2. The van der Waals surface area contributed by atoms with Gasteiger partial charge in [-0.2, -0.15) is 0 Å². The molecular weight excluding hydrogens is 268 g/mol. The first kappa shape index (κ1) is 13.1. The van der Waals surface area contributed by atoms with Crippen LogP contribution in [0, 0.1) is 0 Å². The van der Waals surface area contributed by atoms with Gasteiger partial charge in [-0.05, 0) is 24.3 Å². The number of aromatic nitrogens is 1. The summed E-state index contributed by atoms with van der Waals surface area (Å²) < 4.78 is 0. The second-order valence-corrected chi connectivity index (χ2v) is 4.64. The van der Waals surface area contributed by atoms with Crippen LogP contribution in [0.15, 0.2) is 42.6 Å². The minimum absolute atomic E-state index is 0.00700. The third kappa shape index (κ3) is 2.43. The fraction of sp³-hybridized carbons (Fsp3) is 0.133. The molecule has 0 bridgehead atoms. The highest BCUT2D eigenvalue weighted by Crippen LogP contribution is 2.30. The molecule has 0 unspecified atom stereocenters. The van der Waals surface area contributed by atoms with Crippen molar-refractivity contribution in [1.82, 2.24) is 4.98 Å². The van der Waals surface area contributed by atoms with Gasteiger partial charge in [0.25, 0.3) is 5.91 Å². The van der Waals surface area contributed by atoms with Gasteiger partial charge >= 0.3 is 0 Å². The summed E-state index contributed by atoms with van der Waals surface area (Å²) in [4.78, 5) is 30.0. The van der Waals surface area contributed by atoms with Crippen molar-refractivity contribution >= 4 is 29.0 Å². The topological polar surface area (TPSA) is 74.3 Å². The number of amides is 2. The molecule has 0 saturated carbocycles. The van der Waals surface area contributed by atoms with Gasteiger partial charge in [0.05, 0.1) is 11.4 Å². The maximum Gasteiger partial charge on any atom is 0.259 e. The number of benzene rings is 1. The molecule has 2 aromatic rings. The summed E-state index contributed by atoms with van der Waals surface area (Å²) in [6.45, 7) is 0.00700. The molecule has 2 heterocycles. The van der Waals surface area contributed by atoms with Crippen molar-refractivity contribution in [2.45, 2.75) is 0 Å². The van der Waals surface area contributed by atoms with E-state index in [-0.39, 0.29) is 18.4 Å². The zero-order valence-electron chi connectivity index (χ0n) is 11.5. The molecule has 2 N–H and O–H groups in total. The van der Waals surface area contributed by atoms with E-state index in [1.807, 2.05) is 18.2 Å². The minimum atomic E-state index is -0.226. The first-order chi connectivity index (χ1) is 10.2. The van der Waals surface area contributed by atoms with Crippen molar-refractivity contribution in [3.05, 3.63) is 48.2 Å². The number of nitrogens with one attached hydrogen (secondary N) is 2. The number of rotatable bonds is 2. The van der Waals surface area contributed by atoms with Crippen LogP contribution in [-0.2, 0) is 4.79 Å². The van der Waals surface area contributed by atoms with E-state index in [0.29, 0.717) is 22.8 Å². The van der Waals surface area contributed by atoms with E-state index in [0.717, 1.165) is 0 Å². The molecule has 0 fully saturated rings. The van der Waals surface area contributed by atoms with Crippen molar-refractivity contribution in [3.63, 3.8) is 0 Å². The zero-order chi connectivity index (χ0) is 14.8. The summed E-state index contributed by atoms with van der Waals surface area (Å²) in [5.41, 5.74) is 1.83. The quantitative estimate of drug-likeness (QED) is 0.879. The van der Waals surface area contributed by atoms with Gasteiger partial charge in [-0.3, -0.25) is 14.5 Å². The summed E-state index contributed by atoms with van der Waals surface area (Å²) in [5, 5.41) is 5.65. The van der Waals surface area contributed by atoms with Crippen LogP contribution in [-0.4, -0.2) is 30.4 Å². The van der Waals surface area contributed by atoms with E-state index in [1.165, 1.54) is 4.90 Å². The number of hydrogen-bond donors (Lipinski definition) is 2. The standard InChI is InChI=1S/C15H14N4O2/c1-16-13-8-10(6-7-17-13)15(21)19-9-14(20)18-11-4-2-3-5-12(11)19/h2-8H,9H2,1H3,(H,16,17)(H,18,20). The Labute approximate surface area is 121 Å². The second-order valence-electron chi connectivity index (χ2n) is 4.64. The molecule has 2 amide bonds. The molecule has 1 aromatic heterocycles. The molecule has 0 saturated heterocycles. The van der Waals surface area contributed by atoms with Crippen LogP contribution in [0.5, 0.6) is 0 Å². The summed E-state index contributed by atoms with van der Waals surface area (Å²) in [5.74, 6) is 0.178. The fourth-order valence-corrected chi connectivity index (χ4v) is 2.27. The lowest BCUT2D eigenvalue weighted by Gasteiger charge is -2.29. The van der Waals surface area contributed by atoms with Crippen molar-refractivity contribution in [2.75, 3.05) is 29.1 Å². The van der Waals surface area contributed by atoms with Crippen LogP contribution in [0.1, 0.15) is 10.4 Å². The van der Waals surface area contributed by atoms with E-state index < -0.39 is 0 Å². The molecule has 6 heteroatoms. The molecule has 0 atom stereocenters. The Morgan fingerprint density at radius 1 is 1.33 bits per heavy atom. The Morgan fingerprint density at radius 3 is 2.95 bits per heavy atom. The maximum atomic E-state index is 12.7. The summed E-state index contributed by atoms with van der Waals surface area (Å²) in [7, 11) is 1.74. The predicted molar refractivity (Wildman–Crippen MR) is 80.5 cm³/mol. The lowest BCUT2D eigenvalue weighted by molar-refractivity contribution is -0.115. The van der Waals surface area contributed by atoms with Crippen LogP contribution < -0.4 is 15.5 Å². The van der Waals surface area contributed by atoms with E-state index in [2.05, 4.69) is 15.6 Å². The maximum absolute atomic E-state index is 12.7. The first-order valence-corrected chi connectivity index (χ1v) is 6.53. The molecule has 0 spiro atoms. The van der Waals surface area contributed by atoms with Crippen molar-refractivity contribution in [2.24, 2.45) is 0 Å². The monoisotopic (exact) mass is 282 g/mol. The third-order valence-corrected chi connectivity index (χ3v) is 3.28. The Morgan fingerprint density at radius 2 is 2.14 bits per heavy atom. The molecule has 0 aliphatic carbocycles. The van der Waals surface area contributed by atoms with Crippen molar-refractivity contribution in [3.8, 4) is 0 Å². The van der Waals surface area contributed by atoms with Gasteiger partial charge in [-0.1, -0.05) is 12.1 Å². The van der Waals surface area contributed by atoms with Gasteiger partial charge in [-0.25, -0.2) is 4.98 Å². The minimum Gasteiger partial charge on any atom is -0.373 e. The third-order valence-electron chi connectivity index (χ3n) is 3.28. The van der Waals surface area contributed by atoms with Crippen LogP contribution in [0.25, 0.3) is 0 Å². The normalized spacial score (nSPS) is 13.4. The summed E-state index contributed by atoms with van der Waals surface area (Å²) in [6, 6.07) is 10.5. The fourth-order valence-electron chi connectivity index (χ4n) is 2.27. The van der Waals surface area contributed by atoms with Gasteiger partial charge < -0.3 is 10.6 Å². The predicted octanol–water partition coefficient (Wildman–Crippen LogP) is 1.72. The van der Waals surface area contributed by atoms with Gasteiger partial charge in [-0.15, -0.1) is 0 Å². The largest absolute Gasteiger partial charge is 0.373 e. The Balaban J connectivity index is 1.99. The molecular formula is C15H14N4O2. The van der Waals surface area contributed by atoms with E-state index in [4.69, 9.17) is 0 Å². The molecule has 1 aliphatic rings. The van der Waals surface area contributed by atoms with Gasteiger partial charge in [0.15, 0.2) is 0 Å². The zero-order valence-corrected chi connectivity index (χ0v) is 11.5. The molecule has 6 nitrogen and oxygen atoms in total. The number of anilines is 3. The highest BCUT2D eigenvalue weighted by molar-refractivity contribution is 6.15. The molecule has 0 radical (unpaired) electrons. The van der Waals surface area contributed by atoms with Crippen LogP contribution in [0.3, 0.4) is 0 Å². The van der Waals surface area contributed by atoms with Crippen molar-refractivity contribution < 1.29 is 9.59 Å². The summed E-state index contributed by atoms with van der Waals surface area (Å²) >= 11 is 0. The lowest BCUT2D eigenvalue weighted by Crippen LogP contribution is -2.42. The van der Waals surface area contributed by atoms with E-state index >= 15 is 0 Å². The number of carbonyl (C=O) groups is 2. The van der Waals surface area contributed by atoms with Gasteiger partial charge in [0, 0.05) is 18.8 Å². The molecule has 21 heavy (non-hydrogen) atoms. The number of para-hydroxylation sites is 2. The van der Waals surface area contributed by atoms with E-state index in [1.54, 1.807) is 31.4 Å². The molecule has 1 aromatic carbocycles. The SMILES string of the molecule is CNc1cc(C(=O)N2CC(=O)Nc3ccccc32)ccn1. The number of carbonyl (C=O) groups excluding carboxylic acids is 2. The van der Waals surface area contributed by atoms with Crippen LogP contribution in [0.2, 0.25) is 0 Å². The number of pyridine rings is 1. The Bertz CT molecular complexity index is 714. The lowest BCUT2D eigenvalue weighted by atomic mass is 10.1. The van der Waals surface area contributed by atoms with Gasteiger partial charge in [0.2, 0.25) is 5.91 Å².